The standard InChI is InChI=1S/C18H16F2N2O2/c1-3-17(23)22(10-12-5-7-14(19)15(20)8-12)16-9-13(18(21)24)6-4-11(16)2/h3-9H,1,10H2,2H3,(H2,21,24). The third-order valence-electron chi connectivity index (χ3n) is 3.55. The molecule has 0 aromatic heterocycles. The van der Waals surface area contributed by atoms with Gasteiger partial charge in [0.25, 0.3) is 5.91 Å². The van der Waals surface area contributed by atoms with Crippen LogP contribution in [0.2, 0.25) is 0 Å². The van der Waals surface area contributed by atoms with Crippen LogP contribution in [-0.4, -0.2) is 11.8 Å². The Balaban J connectivity index is 2.47. The molecule has 6 heteroatoms. The molecule has 0 fully saturated rings. The zero-order valence-electron chi connectivity index (χ0n) is 13.1. The molecule has 2 rings (SSSR count). The van der Waals surface area contributed by atoms with E-state index in [1.54, 1.807) is 19.1 Å². The Kier molecular flexibility index (Phi) is 5.08. The van der Waals surface area contributed by atoms with Crippen molar-refractivity contribution in [3.8, 4) is 0 Å². The molecule has 124 valence electrons. The van der Waals surface area contributed by atoms with Gasteiger partial charge in [-0.05, 0) is 48.4 Å². The number of hydrogen-bond acceptors (Lipinski definition) is 2. The molecule has 24 heavy (non-hydrogen) atoms. The number of anilines is 1. The summed E-state index contributed by atoms with van der Waals surface area (Å²) in [6.07, 6.45) is 1.11. The van der Waals surface area contributed by atoms with Crippen LogP contribution in [0.15, 0.2) is 49.1 Å². The van der Waals surface area contributed by atoms with Gasteiger partial charge in [-0.15, -0.1) is 0 Å². The Morgan fingerprint density at radius 3 is 2.46 bits per heavy atom. The van der Waals surface area contributed by atoms with Crippen LogP contribution in [0.25, 0.3) is 0 Å². The average Bonchev–Trinajstić information content (AvgIpc) is 2.55. The molecule has 0 heterocycles. The molecule has 0 spiro atoms. The Labute approximate surface area is 138 Å². The summed E-state index contributed by atoms with van der Waals surface area (Å²) in [6, 6.07) is 8.09. The van der Waals surface area contributed by atoms with Gasteiger partial charge in [-0.2, -0.15) is 0 Å². The Bertz CT molecular complexity index is 819. The summed E-state index contributed by atoms with van der Waals surface area (Å²) in [7, 11) is 0. The summed E-state index contributed by atoms with van der Waals surface area (Å²) >= 11 is 0. The number of carbonyl (C=O) groups is 2. The van der Waals surface area contributed by atoms with E-state index in [4.69, 9.17) is 5.73 Å². The molecule has 4 nitrogen and oxygen atoms in total. The zero-order chi connectivity index (χ0) is 17.9. The number of aryl methyl sites for hydroxylation is 1. The molecule has 2 aromatic carbocycles. The number of rotatable bonds is 5. The third kappa shape index (κ3) is 3.65. The molecule has 0 saturated heterocycles. The van der Waals surface area contributed by atoms with Gasteiger partial charge in [0.2, 0.25) is 5.91 Å². The first-order valence-corrected chi connectivity index (χ1v) is 7.11. The lowest BCUT2D eigenvalue weighted by molar-refractivity contribution is -0.114. The second-order valence-corrected chi connectivity index (χ2v) is 5.24. The van der Waals surface area contributed by atoms with Gasteiger partial charge in [0, 0.05) is 11.3 Å². The largest absolute Gasteiger partial charge is 0.366 e. The summed E-state index contributed by atoms with van der Waals surface area (Å²) in [5, 5.41) is 0. The lowest BCUT2D eigenvalue weighted by atomic mass is 10.1. The quantitative estimate of drug-likeness (QED) is 0.856. The van der Waals surface area contributed by atoms with Crippen LogP contribution in [0.1, 0.15) is 21.5 Å². The molecule has 0 unspecified atom stereocenters. The van der Waals surface area contributed by atoms with Crippen molar-refractivity contribution in [2.75, 3.05) is 4.90 Å². The van der Waals surface area contributed by atoms with Gasteiger partial charge in [0.15, 0.2) is 11.6 Å². The van der Waals surface area contributed by atoms with Crippen LogP contribution in [0, 0.1) is 18.6 Å². The minimum atomic E-state index is -0.999. The van der Waals surface area contributed by atoms with Crippen molar-refractivity contribution >= 4 is 17.5 Å². The van der Waals surface area contributed by atoms with Crippen LogP contribution >= 0.6 is 0 Å². The number of carbonyl (C=O) groups excluding carboxylic acids is 2. The van der Waals surface area contributed by atoms with Gasteiger partial charge in [-0.1, -0.05) is 18.7 Å². The molecular formula is C18H16F2N2O2. The van der Waals surface area contributed by atoms with E-state index in [0.717, 1.165) is 23.8 Å². The monoisotopic (exact) mass is 330 g/mol. The lowest BCUT2D eigenvalue weighted by Gasteiger charge is -2.24. The fourth-order valence-corrected chi connectivity index (χ4v) is 2.27. The number of nitrogens with zero attached hydrogens (tertiary/aromatic N) is 1. The van der Waals surface area contributed by atoms with Crippen LogP contribution in [0.5, 0.6) is 0 Å². The lowest BCUT2D eigenvalue weighted by Crippen LogP contribution is -2.29. The highest BCUT2D eigenvalue weighted by molar-refractivity contribution is 6.03. The SMILES string of the molecule is C=CC(=O)N(Cc1ccc(F)c(F)c1)c1cc(C(N)=O)ccc1C. The van der Waals surface area contributed by atoms with Gasteiger partial charge in [0.05, 0.1) is 6.54 Å². The highest BCUT2D eigenvalue weighted by atomic mass is 19.2. The van der Waals surface area contributed by atoms with Crippen molar-refractivity contribution in [3.63, 3.8) is 0 Å². The molecular weight excluding hydrogens is 314 g/mol. The maximum atomic E-state index is 13.4. The summed E-state index contributed by atoms with van der Waals surface area (Å²) in [6.45, 7) is 5.20. The van der Waals surface area contributed by atoms with E-state index in [-0.39, 0.29) is 12.1 Å². The third-order valence-corrected chi connectivity index (χ3v) is 3.55. The fraction of sp³-hybridized carbons (Fsp3) is 0.111. The predicted octanol–water partition coefficient (Wildman–Crippen LogP) is 3.09. The van der Waals surface area contributed by atoms with E-state index in [0.29, 0.717) is 11.3 Å². The number of benzene rings is 2. The van der Waals surface area contributed by atoms with Gasteiger partial charge in [-0.25, -0.2) is 8.78 Å². The molecule has 2 N–H and O–H groups in total. The number of amides is 2. The van der Waals surface area contributed by atoms with Gasteiger partial charge in [-0.3, -0.25) is 9.59 Å². The molecule has 0 atom stereocenters. The minimum absolute atomic E-state index is 0.00882. The maximum Gasteiger partial charge on any atom is 0.250 e. The van der Waals surface area contributed by atoms with E-state index < -0.39 is 23.4 Å². The van der Waals surface area contributed by atoms with E-state index in [9.17, 15) is 18.4 Å². The normalized spacial score (nSPS) is 10.3. The fourth-order valence-electron chi connectivity index (χ4n) is 2.27. The van der Waals surface area contributed by atoms with E-state index >= 15 is 0 Å². The molecule has 0 saturated carbocycles. The first-order valence-electron chi connectivity index (χ1n) is 7.11. The van der Waals surface area contributed by atoms with Crippen LogP contribution in [0.3, 0.4) is 0 Å². The van der Waals surface area contributed by atoms with E-state index in [1.807, 2.05) is 0 Å². The maximum absolute atomic E-state index is 13.4. The Hall–Kier alpha value is -3.02. The predicted molar refractivity (Wildman–Crippen MR) is 87.4 cm³/mol. The summed E-state index contributed by atoms with van der Waals surface area (Å²) in [4.78, 5) is 24.9. The Morgan fingerprint density at radius 2 is 1.88 bits per heavy atom. The Morgan fingerprint density at radius 1 is 1.17 bits per heavy atom. The van der Waals surface area contributed by atoms with Crippen LogP contribution < -0.4 is 10.6 Å². The molecule has 0 aliphatic rings. The zero-order valence-corrected chi connectivity index (χ0v) is 13.1. The van der Waals surface area contributed by atoms with E-state index in [1.165, 1.54) is 17.0 Å². The average molecular weight is 330 g/mol. The molecule has 0 bridgehead atoms. The minimum Gasteiger partial charge on any atom is -0.366 e. The van der Waals surface area contributed by atoms with Crippen molar-refractivity contribution in [1.82, 2.24) is 0 Å². The second-order valence-electron chi connectivity index (χ2n) is 5.24. The number of primary amides is 1. The summed E-state index contributed by atoms with van der Waals surface area (Å²) < 4.78 is 26.5. The molecule has 0 radical (unpaired) electrons. The first-order chi connectivity index (χ1) is 11.3. The van der Waals surface area contributed by atoms with Crippen molar-refractivity contribution in [1.29, 1.82) is 0 Å². The van der Waals surface area contributed by atoms with Crippen molar-refractivity contribution in [2.45, 2.75) is 13.5 Å². The molecule has 0 aliphatic carbocycles. The van der Waals surface area contributed by atoms with Crippen LogP contribution in [-0.2, 0) is 11.3 Å². The van der Waals surface area contributed by atoms with Crippen molar-refractivity contribution in [3.05, 3.63) is 77.4 Å². The summed E-state index contributed by atoms with van der Waals surface area (Å²) in [5.74, 6) is -3.03. The van der Waals surface area contributed by atoms with Gasteiger partial charge in [0.1, 0.15) is 0 Å². The van der Waals surface area contributed by atoms with Crippen molar-refractivity contribution in [2.24, 2.45) is 5.73 Å². The smallest absolute Gasteiger partial charge is 0.250 e. The van der Waals surface area contributed by atoms with Gasteiger partial charge < -0.3 is 10.6 Å². The van der Waals surface area contributed by atoms with E-state index in [2.05, 4.69) is 6.58 Å². The number of nitrogens with two attached hydrogens (primary N) is 1. The van der Waals surface area contributed by atoms with Gasteiger partial charge >= 0.3 is 0 Å². The topological polar surface area (TPSA) is 63.4 Å². The second kappa shape index (κ2) is 7.04. The molecule has 0 aliphatic heterocycles. The van der Waals surface area contributed by atoms with Crippen molar-refractivity contribution < 1.29 is 18.4 Å². The summed E-state index contributed by atoms with van der Waals surface area (Å²) in [5.41, 5.74) is 7.08. The number of hydrogen-bond donors (Lipinski definition) is 1. The molecule has 2 amide bonds. The highest BCUT2D eigenvalue weighted by Crippen LogP contribution is 2.24. The highest BCUT2D eigenvalue weighted by Gasteiger charge is 2.18. The molecule has 2 aromatic rings. The van der Waals surface area contributed by atoms with Crippen LogP contribution in [0.4, 0.5) is 14.5 Å². The first kappa shape index (κ1) is 17.3. The number of halogens is 2.